The second kappa shape index (κ2) is 4.03. The first-order valence-corrected chi connectivity index (χ1v) is 6.25. The van der Waals surface area contributed by atoms with Crippen LogP contribution in [0, 0.1) is 5.92 Å². The first-order valence-electron chi connectivity index (χ1n) is 6.25. The molecule has 1 saturated carbocycles. The Kier molecular flexibility index (Phi) is 2.89. The smallest absolute Gasteiger partial charge is 0.191 e. The molecule has 0 radical (unpaired) electrons. The van der Waals surface area contributed by atoms with Crippen LogP contribution in [0.25, 0.3) is 0 Å². The van der Waals surface area contributed by atoms with Gasteiger partial charge in [-0.05, 0) is 32.1 Å². The Morgan fingerprint density at radius 3 is 3.00 bits per heavy atom. The third kappa shape index (κ3) is 1.84. The first-order chi connectivity index (χ1) is 7.18. The van der Waals surface area contributed by atoms with Crippen molar-refractivity contribution in [3.63, 3.8) is 0 Å². The van der Waals surface area contributed by atoms with Crippen molar-refractivity contribution in [1.82, 2.24) is 4.90 Å². The summed E-state index contributed by atoms with van der Waals surface area (Å²) in [6.07, 6.45) is 6.58. The van der Waals surface area contributed by atoms with Gasteiger partial charge in [-0.1, -0.05) is 19.8 Å². The van der Waals surface area contributed by atoms with E-state index in [4.69, 9.17) is 5.73 Å². The maximum absolute atomic E-state index is 5.96. The van der Waals surface area contributed by atoms with Crippen molar-refractivity contribution in [2.75, 3.05) is 13.1 Å². The molecule has 0 aromatic carbocycles. The van der Waals surface area contributed by atoms with Crippen molar-refractivity contribution in [3.8, 4) is 0 Å². The van der Waals surface area contributed by atoms with Gasteiger partial charge in [-0.25, -0.2) is 0 Å². The van der Waals surface area contributed by atoms with Gasteiger partial charge in [0.1, 0.15) is 0 Å². The van der Waals surface area contributed by atoms with Crippen LogP contribution >= 0.6 is 0 Å². The summed E-state index contributed by atoms with van der Waals surface area (Å²) in [5.74, 6) is 1.65. The summed E-state index contributed by atoms with van der Waals surface area (Å²) < 4.78 is 0. The summed E-state index contributed by atoms with van der Waals surface area (Å²) in [6, 6.07) is 0. The molecular formula is C12H23N3. The molecule has 1 aliphatic carbocycles. The van der Waals surface area contributed by atoms with Crippen LogP contribution < -0.4 is 5.73 Å². The lowest BCUT2D eigenvalue weighted by Crippen LogP contribution is -2.51. The molecule has 2 unspecified atom stereocenters. The van der Waals surface area contributed by atoms with E-state index in [2.05, 4.69) is 23.7 Å². The number of aliphatic imine (C=N–C) groups is 1. The molecule has 3 nitrogen and oxygen atoms in total. The van der Waals surface area contributed by atoms with Crippen molar-refractivity contribution in [2.45, 2.75) is 51.5 Å². The number of hydrogen-bond donors (Lipinski definition) is 1. The van der Waals surface area contributed by atoms with Crippen LogP contribution in [0.3, 0.4) is 0 Å². The fourth-order valence-corrected chi connectivity index (χ4v) is 3.13. The van der Waals surface area contributed by atoms with Crippen molar-refractivity contribution >= 4 is 5.96 Å². The molecule has 0 saturated heterocycles. The molecule has 2 N–H and O–H groups in total. The van der Waals surface area contributed by atoms with Crippen LogP contribution in [0.15, 0.2) is 4.99 Å². The third-order valence-corrected chi connectivity index (χ3v) is 4.14. The standard InChI is InChI=1S/C12H23N3/c1-3-15-11(13)14-9-12(15)7-4-5-10(2)6-8-12/h10H,3-9H2,1-2H3,(H2,13,14). The topological polar surface area (TPSA) is 41.6 Å². The molecule has 86 valence electrons. The molecule has 2 atom stereocenters. The van der Waals surface area contributed by atoms with Crippen LogP contribution in [-0.2, 0) is 0 Å². The maximum atomic E-state index is 5.96. The monoisotopic (exact) mass is 209 g/mol. The highest BCUT2D eigenvalue weighted by Gasteiger charge is 2.41. The third-order valence-electron chi connectivity index (χ3n) is 4.14. The lowest BCUT2D eigenvalue weighted by atomic mass is 9.89. The van der Waals surface area contributed by atoms with Crippen LogP contribution in [0.5, 0.6) is 0 Å². The lowest BCUT2D eigenvalue weighted by molar-refractivity contribution is 0.180. The molecule has 15 heavy (non-hydrogen) atoms. The highest BCUT2D eigenvalue weighted by molar-refractivity contribution is 5.81. The Morgan fingerprint density at radius 2 is 2.27 bits per heavy atom. The minimum atomic E-state index is 0.281. The molecule has 0 amide bonds. The van der Waals surface area contributed by atoms with Gasteiger partial charge in [0.2, 0.25) is 0 Å². The molecule has 0 aromatic heterocycles. The van der Waals surface area contributed by atoms with Crippen LogP contribution in [-0.4, -0.2) is 29.5 Å². The number of hydrogen-bond acceptors (Lipinski definition) is 3. The van der Waals surface area contributed by atoms with Crippen molar-refractivity contribution < 1.29 is 0 Å². The maximum Gasteiger partial charge on any atom is 0.191 e. The van der Waals surface area contributed by atoms with Crippen LogP contribution in [0.2, 0.25) is 0 Å². The molecule has 2 aliphatic rings. The molecular weight excluding hydrogens is 186 g/mol. The SMILES string of the molecule is CCN1C(N)=NCC12CCCC(C)CC2. The largest absolute Gasteiger partial charge is 0.370 e. The summed E-state index contributed by atoms with van der Waals surface area (Å²) in [6.45, 7) is 6.49. The predicted octanol–water partition coefficient (Wildman–Crippen LogP) is 1.98. The van der Waals surface area contributed by atoms with E-state index in [9.17, 15) is 0 Å². The fraction of sp³-hybridized carbons (Fsp3) is 0.917. The number of nitrogens with two attached hydrogens (primary N) is 1. The minimum Gasteiger partial charge on any atom is -0.370 e. The van der Waals surface area contributed by atoms with E-state index >= 15 is 0 Å². The summed E-state index contributed by atoms with van der Waals surface area (Å²) in [5.41, 5.74) is 6.24. The van der Waals surface area contributed by atoms with Gasteiger partial charge in [-0.15, -0.1) is 0 Å². The number of likely N-dealkylation sites (N-methyl/N-ethyl adjacent to an activating group) is 1. The molecule has 3 heteroatoms. The highest BCUT2D eigenvalue weighted by atomic mass is 15.3. The zero-order chi connectivity index (χ0) is 10.9. The molecule has 1 heterocycles. The predicted molar refractivity (Wildman–Crippen MR) is 63.8 cm³/mol. The molecule has 0 bridgehead atoms. The molecule has 1 fully saturated rings. The zero-order valence-corrected chi connectivity index (χ0v) is 10.00. The van der Waals surface area contributed by atoms with Gasteiger partial charge in [-0.3, -0.25) is 4.99 Å². The van der Waals surface area contributed by atoms with Gasteiger partial charge in [0.15, 0.2) is 5.96 Å². The highest BCUT2D eigenvalue weighted by Crippen LogP contribution is 2.37. The zero-order valence-electron chi connectivity index (χ0n) is 10.00. The van der Waals surface area contributed by atoms with E-state index < -0.39 is 0 Å². The molecule has 2 rings (SSSR count). The summed E-state index contributed by atoms with van der Waals surface area (Å²) in [7, 11) is 0. The van der Waals surface area contributed by atoms with Gasteiger partial charge in [-0.2, -0.15) is 0 Å². The summed E-state index contributed by atoms with van der Waals surface area (Å²) in [4.78, 5) is 6.79. The van der Waals surface area contributed by atoms with Gasteiger partial charge in [0.05, 0.1) is 12.1 Å². The van der Waals surface area contributed by atoms with E-state index in [1.807, 2.05) is 0 Å². The number of rotatable bonds is 1. The van der Waals surface area contributed by atoms with Crippen molar-refractivity contribution in [3.05, 3.63) is 0 Å². The van der Waals surface area contributed by atoms with E-state index in [1.54, 1.807) is 0 Å². The Labute approximate surface area is 92.7 Å². The van der Waals surface area contributed by atoms with E-state index in [-0.39, 0.29) is 5.54 Å². The molecule has 1 spiro atoms. The summed E-state index contributed by atoms with van der Waals surface area (Å²) in [5, 5.41) is 0. The molecule has 0 aromatic rings. The second-order valence-electron chi connectivity index (χ2n) is 5.18. The van der Waals surface area contributed by atoms with Gasteiger partial charge in [0, 0.05) is 6.54 Å². The average molecular weight is 209 g/mol. The minimum absolute atomic E-state index is 0.281. The van der Waals surface area contributed by atoms with E-state index in [0.717, 1.165) is 25.0 Å². The quantitative estimate of drug-likeness (QED) is 0.717. The van der Waals surface area contributed by atoms with Crippen LogP contribution in [0.1, 0.15) is 46.0 Å². The van der Waals surface area contributed by atoms with Crippen molar-refractivity contribution in [2.24, 2.45) is 16.6 Å². The molecule has 1 aliphatic heterocycles. The Morgan fingerprint density at radius 1 is 1.47 bits per heavy atom. The van der Waals surface area contributed by atoms with E-state index in [0.29, 0.717) is 0 Å². The second-order valence-corrected chi connectivity index (χ2v) is 5.18. The first kappa shape index (κ1) is 10.8. The van der Waals surface area contributed by atoms with E-state index in [1.165, 1.54) is 32.1 Å². The normalized spacial score (nSPS) is 36.8. The summed E-state index contributed by atoms with van der Waals surface area (Å²) >= 11 is 0. The fourth-order valence-electron chi connectivity index (χ4n) is 3.13. The van der Waals surface area contributed by atoms with Gasteiger partial charge < -0.3 is 10.6 Å². The Balaban J connectivity index is 2.12. The van der Waals surface area contributed by atoms with Gasteiger partial charge in [0.25, 0.3) is 0 Å². The lowest BCUT2D eigenvalue weighted by Gasteiger charge is -2.38. The Hall–Kier alpha value is -0.730. The number of nitrogens with zero attached hydrogens (tertiary/aromatic N) is 2. The average Bonchev–Trinajstić information content (AvgIpc) is 2.39. The van der Waals surface area contributed by atoms with Crippen LogP contribution in [0.4, 0.5) is 0 Å². The Bertz CT molecular complexity index is 262. The number of guanidine groups is 1. The van der Waals surface area contributed by atoms with Crippen molar-refractivity contribution in [1.29, 1.82) is 0 Å². The van der Waals surface area contributed by atoms with Gasteiger partial charge >= 0.3 is 0 Å².